The van der Waals surface area contributed by atoms with E-state index in [0.717, 1.165) is 28.0 Å². The third kappa shape index (κ3) is 4.61. The molecule has 2 amide bonds. The van der Waals surface area contributed by atoms with Crippen LogP contribution in [0.2, 0.25) is 0 Å². The molecule has 0 aliphatic heterocycles. The topological polar surface area (TPSA) is 121 Å². The molecule has 31 heavy (non-hydrogen) atoms. The summed E-state index contributed by atoms with van der Waals surface area (Å²) in [5.74, 6) is 1.72. The first kappa shape index (κ1) is 20.3. The molecule has 0 saturated heterocycles. The second-order valence-electron chi connectivity index (χ2n) is 7.29. The maximum atomic E-state index is 11.9. The summed E-state index contributed by atoms with van der Waals surface area (Å²) in [6, 6.07) is 9.67. The number of nitrogens with one attached hydrogen (secondary N) is 4. The predicted molar refractivity (Wildman–Crippen MR) is 122 cm³/mol. The Labute approximate surface area is 179 Å². The highest BCUT2D eigenvalue weighted by Crippen LogP contribution is 2.32. The zero-order valence-corrected chi connectivity index (χ0v) is 17.6. The van der Waals surface area contributed by atoms with E-state index in [9.17, 15) is 4.79 Å². The highest BCUT2D eigenvalue weighted by Gasteiger charge is 2.15. The van der Waals surface area contributed by atoms with E-state index in [1.165, 1.54) is 0 Å². The molecule has 0 atom stereocenters. The molecule has 0 aliphatic carbocycles. The molecule has 4 aromatic rings. The molecule has 3 heterocycles. The number of benzene rings is 1. The highest BCUT2D eigenvalue weighted by molar-refractivity contribution is 5.97. The van der Waals surface area contributed by atoms with Crippen LogP contribution in [0.15, 0.2) is 48.9 Å². The summed E-state index contributed by atoms with van der Waals surface area (Å²) in [6.07, 6.45) is 5.20. The van der Waals surface area contributed by atoms with Gasteiger partial charge in [0.15, 0.2) is 5.82 Å². The number of carbonyl (C=O) groups excluding carboxylic acids is 1. The van der Waals surface area contributed by atoms with Gasteiger partial charge >= 0.3 is 6.03 Å². The van der Waals surface area contributed by atoms with Gasteiger partial charge in [0.05, 0.1) is 5.52 Å². The van der Waals surface area contributed by atoms with Gasteiger partial charge < -0.3 is 15.6 Å². The molecule has 0 radical (unpaired) electrons. The predicted octanol–water partition coefficient (Wildman–Crippen LogP) is 4.04. The number of anilines is 2. The lowest BCUT2D eigenvalue weighted by molar-refractivity contribution is 0.252. The van der Waals surface area contributed by atoms with Crippen LogP contribution in [0.1, 0.15) is 20.8 Å². The summed E-state index contributed by atoms with van der Waals surface area (Å²) in [5.41, 5.74) is 4.08. The first-order chi connectivity index (χ1) is 15.0. The molecule has 1 aromatic carbocycles. The summed E-state index contributed by atoms with van der Waals surface area (Å²) >= 11 is 0. The van der Waals surface area contributed by atoms with Crippen molar-refractivity contribution < 1.29 is 4.79 Å². The van der Waals surface area contributed by atoms with Crippen molar-refractivity contribution in [1.29, 1.82) is 0 Å². The molecule has 0 spiro atoms. The van der Waals surface area contributed by atoms with Crippen LogP contribution >= 0.6 is 0 Å². The fraction of sp³-hybridized carbons (Fsp3) is 0.227. The molecular formula is C22H24N8O. The first-order valence-corrected chi connectivity index (χ1v) is 10.1. The van der Waals surface area contributed by atoms with Crippen molar-refractivity contribution in [3.8, 4) is 22.5 Å². The molecule has 158 valence electrons. The number of rotatable bonds is 6. The van der Waals surface area contributed by atoms with Gasteiger partial charge in [-0.05, 0) is 56.7 Å². The van der Waals surface area contributed by atoms with E-state index in [2.05, 4.69) is 54.7 Å². The number of amides is 2. The number of hydrogen-bond acceptors (Lipinski definition) is 6. The minimum absolute atomic E-state index is 0.303. The van der Waals surface area contributed by atoms with Gasteiger partial charge in [-0.15, -0.1) is 0 Å². The van der Waals surface area contributed by atoms with E-state index in [0.29, 0.717) is 29.9 Å². The van der Waals surface area contributed by atoms with Gasteiger partial charge in [0.2, 0.25) is 5.95 Å². The monoisotopic (exact) mass is 416 g/mol. The molecule has 0 saturated carbocycles. The number of H-pyrrole nitrogens is 1. The van der Waals surface area contributed by atoms with Crippen molar-refractivity contribution in [2.24, 2.45) is 0 Å². The highest BCUT2D eigenvalue weighted by atomic mass is 16.2. The van der Waals surface area contributed by atoms with Crippen molar-refractivity contribution >= 4 is 28.8 Å². The number of urea groups is 1. The Hall–Kier alpha value is -4.01. The Morgan fingerprint density at radius 3 is 2.58 bits per heavy atom. The minimum atomic E-state index is -0.322. The van der Waals surface area contributed by atoms with Gasteiger partial charge in [-0.1, -0.05) is 0 Å². The van der Waals surface area contributed by atoms with Crippen molar-refractivity contribution in [3.63, 3.8) is 0 Å². The van der Waals surface area contributed by atoms with Gasteiger partial charge in [-0.25, -0.2) is 24.7 Å². The zero-order valence-electron chi connectivity index (χ0n) is 17.6. The summed E-state index contributed by atoms with van der Waals surface area (Å²) in [7, 11) is 0. The number of fused-ring (bicyclic) bond motifs is 1. The molecule has 0 unspecified atom stereocenters. The van der Waals surface area contributed by atoms with Crippen LogP contribution in [0.4, 0.5) is 16.6 Å². The van der Waals surface area contributed by atoms with Gasteiger partial charge in [0, 0.05) is 42.3 Å². The lowest BCUT2D eigenvalue weighted by Crippen LogP contribution is -2.28. The van der Waals surface area contributed by atoms with E-state index in [-0.39, 0.29) is 6.03 Å². The SMILES string of the molecule is CCNC(=O)Nc1nc2c(-c3ncccn3)cc(-c3ccc(NC(C)C)nc3)cc2[nH]1. The molecule has 0 fully saturated rings. The van der Waals surface area contributed by atoms with Crippen LogP contribution < -0.4 is 16.0 Å². The van der Waals surface area contributed by atoms with Gasteiger partial charge in [0.25, 0.3) is 0 Å². The first-order valence-electron chi connectivity index (χ1n) is 10.1. The van der Waals surface area contributed by atoms with Crippen molar-refractivity contribution in [3.05, 3.63) is 48.9 Å². The molecule has 0 bridgehead atoms. The molecule has 3 aromatic heterocycles. The Morgan fingerprint density at radius 2 is 1.90 bits per heavy atom. The maximum Gasteiger partial charge on any atom is 0.321 e. The standard InChI is InChI=1S/C22H24N8O/c1-4-23-22(31)30-21-28-17-11-15(14-6-7-18(26-12-14)27-13(2)3)10-16(19(17)29-21)20-24-8-5-9-25-20/h5-13H,4H2,1-3H3,(H,26,27)(H3,23,28,29,30,31). The summed E-state index contributed by atoms with van der Waals surface area (Å²) in [5, 5.41) is 8.70. The molecule has 4 N–H and O–H groups in total. The average molecular weight is 416 g/mol. The minimum Gasteiger partial charge on any atom is -0.368 e. The van der Waals surface area contributed by atoms with Crippen molar-refractivity contribution in [1.82, 2.24) is 30.2 Å². The number of aromatic amines is 1. The van der Waals surface area contributed by atoms with E-state index in [1.54, 1.807) is 18.5 Å². The van der Waals surface area contributed by atoms with E-state index >= 15 is 0 Å². The molecule has 0 aliphatic rings. The van der Waals surface area contributed by atoms with E-state index < -0.39 is 0 Å². The van der Waals surface area contributed by atoms with Crippen molar-refractivity contribution in [2.45, 2.75) is 26.8 Å². The van der Waals surface area contributed by atoms with Gasteiger partial charge in [-0.2, -0.15) is 0 Å². The Morgan fingerprint density at radius 1 is 1.10 bits per heavy atom. The van der Waals surface area contributed by atoms with Crippen LogP contribution in [0.5, 0.6) is 0 Å². The molecule has 9 heteroatoms. The third-order valence-electron chi connectivity index (χ3n) is 4.50. The quantitative estimate of drug-likeness (QED) is 0.376. The third-order valence-corrected chi connectivity index (χ3v) is 4.50. The summed E-state index contributed by atoms with van der Waals surface area (Å²) in [4.78, 5) is 32.9. The second-order valence-corrected chi connectivity index (χ2v) is 7.29. The largest absolute Gasteiger partial charge is 0.368 e. The fourth-order valence-corrected chi connectivity index (χ4v) is 3.21. The Balaban J connectivity index is 1.78. The van der Waals surface area contributed by atoms with Crippen molar-refractivity contribution in [2.75, 3.05) is 17.2 Å². The summed E-state index contributed by atoms with van der Waals surface area (Å²) < 4.78 is 0. The van der Waals surface area contributed by atoms with E-state index in [4.69, 9.17) is 0 Å². The number of hydrogen-bond donors (Lipinski definition) is 4. The van der Waals surface area contributed by atoms with Gasteiger partial charge in [0.1, 0.15) is 11.3 Å². The van der Waals surface area contributed by atoms with E-state index in [1.807, 2.05) is 37.4 Å². The average Bonchev–Trinajstić information content (AvgIpc) is 3.16. The van der Waals surface area contributed by atoms with Crippen LogP contribution in [0.25, 0.3) is 33.5 Å². The number of nitrogens with zero attached hydrogens (tertiary/aromatic N) is 4. The number of carbonyl (C=O) groups is 1. The smallest absolute Gasteiger partial charge is 0.321 e. The lowest BCUT2D eigenvalue weighted by atomic mass is 10.0. The summed E-state index contributed by atoms with van der Waals surface area (Å²) in [6.45, 7) is 6.51. The van der Waals surface area contributed by atoms with Crippen LogP contribution in [-0.2, 0) is 0 Å². The van der Waals surface area contributed by atoms with Crippen LogP contribution in [0.3, 0.4) is 0 Å². The Bertz CT molecular complexity index is 1190. The lowest BCUT2D eigenvalue weighted by Gasteiger charge is -2.10. The van der Waals surface area contributed by atoms with Crippen LogP contribution in [0, 0.1) is 0 Å². The Kier molecular flexibility index (Phi) is 5.74. The van der Waals surface area contributed by atoms with Crippen LogP contribution in [-0.4, -0.2) is 43.5 Å². The number of aromatic nitrogens is 5. The molecule has 9 nitrogen and oxygen atoms in total. The maximum absolute atomic E-state index is 11.9. The zero-order chi connectivity index (χ0) is 21.8. The second kappa shape index (κ2) is 8.78. The normalized spacial score (nSPS) is 11.0. The van der Waals surface area contributed by atoms with Gasteiger partial charge in [-0.3, -0.25) is 5.32 Å². The molecule has 4 rings (SSSR count). The molecular weight excluding hydrogens is 392 g/mol. The number of imidazole rings is 1. The number of pyridine rings is 1. The fourth-order valence-electron chi connectivity index (χ4n) is 3.21.